The standard InChI is InChI=1S/C48H80O40/c49-1-9-33-17(57)25(65)41(73-9)82-34-10(2-50)75-43(27(67)19(34)59)84-36-12(4-52)77-45(29(69)21(36)61)86-38-14(6-54)79-47(31(71)23(38)63)88-40-16(8-56)80-48(32(72)24(40)64)87-39-15(7-55)78-46(30(70)22(39)62)85-37-13(5-53)76-44(28(68)20(37)60)83-35-11(3-51)74-42(81-33)26(66)18(35)58/h9-72H,1-8H2/t9-,10-,11-,12-,13-,14-,15-,16-,17-,18-,19-,20-,21-,22-,23-,24-,25-,26-,27-,28-,29-,30-,31-,32?,33-,34-,35-,36-,37-,38-,39-,40-,41?,42?,43?,44?,45?,46?,47?,48?/m1/s1. The van der Waals surface area contributed by atoms with Gasteiger partial charge in [0.15, 0.2) is 50.3 Å². The van der Waals surface area contributed by atoms with Crippen molar-refractivity contribution >= 4 is 0 Å². The number of aliphatic hydroxyl groups is 24. The maximum Gasteiger partial charge on any atom is 0.187 e. The third-order valence-electron chi connectivity index (χ3n) is 16.9. The second kappa shape index (κ2) is 30.0. The van der Waals surface area contributed by atoms with E-state index in [-0.39, 0.29) is 0 Å². The second-order valence-electron chi connectivity index (χ2n) is 22.5. The predicted octanol–water partition coefficient (Wildman–Crippen LogP) is -17.4. The van der Waals surface area contributed by atoms with Crippen LogP contribution >= 0.6 is 0 Å². The Hall–Kier alpha value is -1.60. The lowest BCUT2D eigenvalue weighted by Gasteiger charge is -2.50. The first-order chi connectivity index (χ1) is 41.9. The van der Waals surface area contributed by atoms with Gasteiger partial charge >= 0.3 is 0 Å². The van der Waals surface area contributed by atoms with E-state index in [1.807, 2.05) is 0 Å². The molecule has 512 valence electrons. The summed E-state index contributed by atoms with van der Waals surface area (Å²) in [5.74, 6) is 0. The van der Waals surface area contributed by atoms with Crippen molar-refractivity contribution in [2.75, 3.05) is 52.9 Å². The third kappa shape index (κ3) is 13.8. The molecule has 40 heteroatoms. The van der Waals surface area contributed by atoms with Gasteiger partial charge in [-0.15, -0.1) is 0 Å². The molecule has 40 nitrogen and oxygen atoms in total. The SMILES string of the molecule is OC[C@H]1OC2O[C@H]3[C@H](O)[C@@H](O)C(O[C@H]4[C@H](O)[C@@H](O)C(O[C@H]5[C@H](O)[C@@H](O)C(O[C@H]6[C@H](O)[C@@H](O)C(O[C@H]7[C@H](O)[C@@H](O)C(O[C@H]8[C@H](O)[C@@H](O)C(O[C@H]9[C@H](O)C(O)C(O[C@H]1[C@H](O)[C@H]2O)O[C@@H]9CO)O[C@@H]8CO)O[C@@H]7CO)O[C@@H]6CO)O[C@@H]5CO)O[C@@H]4CO)O[C@@H]3CO. The predicted molar refractivity (Wildman–Crippen MR) is 261 cm³/mol. The van der Waals surface area contributed by atoms with Crippen molar-refractivity contribution in [3.63, 3.8) is 0 Å². The van der Waals surface area contributed by atoms with Crippen LogP contribution in [0.4, 0.5) is 0 Å². The highest BCUT2D eigenvalue weighted by molar-refractivity contribution is 5.02. The van der Waals surface area contributed by atoms with Gasteiger partial charge in [-0.2, -0.15) is 0 Å². The molecule has 40 atom stereocenters. The summed E-state index contributed by atoms with van der Waals surface area (Å²) in [5.41, 5.74) is 0. The van der Waals surface area contributed by atoms with Crippen LogP contribution in [0.2, 0.25) is 0 Å². The summed E-state index contributed by atoms with van der Waals surface area (Å²) in [4.78, 5) is 0. The van der Waals surface area contributed by atoms with Gasteiger partial charge in [-0.25, -0.2) is 0 Å². The molecule has 30 fully saturated rings. The molecule has 30 aliphatic heterocycles. The molecule has 30 heterocycles. The van der Waals surface area contributed by atoms with E-state index in [1.165, 1.54) is 0 Å². The number of hydrogen-bond acceptors (Lipinski definition) is 40. The van der Waals surface area contributed by atoms with E-state index in [0.717, 1.165) is 0 Å². The highest BCUT2D eigenvalue weighted by atomic mass is 16.8. The van der Waals surface area contributed by atoms with Crippen LogP contribution in [0.15, 0.2) is 0 Å². The van der Waals surface area contributed by atoms with Crippen molar-refractivity contribution in [3.05, 3.63) is 0 Å². The molecule has 0 aromatic heterocycles. The van der Waals surface area contributed by atoms with Gasteiger partial charge in [0.25, 0.3) is 0 Å². The Kier molecular flexibility index (Phi) is 24.1. The van der Waals surface area contributed by atoms with E-state index in [9.17, 15) is 123 Å². The van der Waals surface area contributed by atoms with Gasteiger partial charge < -0.3 is 198 Å². The molecule has 24 N–H and O–H groups in total. The van der Waals surface area contributed by atoms with E-state index < -0.39 is 299 Å². The van der Waals surface area contributed by atoms with Gasteiger partial charge in [0.1, 0.15) is 195 Å². The van der Waals surface area contributed by atoms with Crippen LogP contribution in [0.25, 0.3) is 0 Å². The zero-order chi connectivity index (χ0) is 64.1. The van der Waals surface area contributed by atoms with Gasteiger partial charge in [-0.3, -0.25) is 0 Å². The van der Waals surface area contributed by atoms with Crippen LogP contribution in [-0.4, -0.2) is 421 Å². The highest BCUT2D eigenvalue weighted by Crippen LogP contribution is 2.40. The van der Waals surface area contributed by atoms with Crippen molar-refractivity contribution in [3.8, 4) is 0 Å². The van der Waals surface area contributed by atoms with Crippen LogP contribution in [0.5, 0.6) is 0 Å². The van der Waals surface area contributed by atoms with E-state index in [2.05, 4.69) is 0 Å². The monoisotopic (exact) mass is 1300 g/mol. The second-order valence-corrected chi connectivity index (χ2v) is 22.5. The molecular weight excluding hydrogens is 1220 g/mol. The Labute approximate surface area is 496 Å². The lowest BCUT2D eigenvalue weighted by atomic mass is 9.94. The quantitative estimate of drug-likeness (QED) is 0.107. The van der Waals surface area contributed by atoms with Crippen LogP contribution < -0.4 is 0 Å². The summed E-state index contributed by atoms with van der Waals surface area (Å²) in [6.45, 7) is -8.64. The van der Waals surface area contributed by atoms with Gasteiger partial charge in [0, 0.05) is 0 Å². The average molecular weight is 1300 g/mol. The van der Waals surface area contributed by atoms with Crippen molar-refractivity contribution in [2.24, 2.45) is 0 Å². The van der Waals surface area contributed by atoms with Crippen molar-refractivity contribution in [1.29, 1.82) is 0 Å². The van der Waals surface area contributed by atoms with Gasteiger partial charge in [-0.1, -0.05) is 0 Å². The van der Waals surface area contributed by atoms with E-state index in [0.29, 0.717) is 0 Å². The summed E-state index contributed by atoms with van der Waals surface area (Å²) >= 11 is 0. The van der Waals surface area contributed by atoms with Crippen LogP contribution in [-0.2, 0) is 75.8 Å². The first-order valence-corrected chi connectivity index (χ1v) is 28.1. The average Bonchev–Trinajstić information content (AvgIpc) is 1.09. The summed E-state index contributed by atoms with van der Waals surface area (Å²) in [6, 6.07) is 0. The first kappa shape index (κ1) is 70.7. The summed E-state index contributed by atoms with van der Waals surface area (Å²) in [6.07, 6.45) is -82.0. The first-order valence-electron chi connectivity index (χ1n) is 28.1. The Morgan fingerprint density at radius 3 is 0.307 bits per heavy atom. The maximum absolute atomic E-state index is 11.4. The molecule has 30 rings (SSSR count). The lowest BCUT2D eigenvalue weighted by Crippen LogP contribution is -2.69. The minimum absolute atomic E-state index is 1.08. The minimum Gasteiger partial charge on any atom is -0.394 e. The summed E-state index contributed by atoms with van der Waals surface area (Å²) in [5, 5.41) is 265. The molecule has 0 aromatic rings. The van der Waals surface area contributed by atoms with Crippen molar-refractivity contribution in [2.45, 2.75) is 246 Å². The smallest absolute Gasteiger partial charge is 0.187 e. The molecular formula is C48H80O40. The zero-order valence-corrected chi connectivity index (χ0v) is 46.0. The van der Waals surface area contributed by atoms with E-state index in [4.69, 9.17) is 75.8 Å². The van der Waals surface area contributed by atoms with Crippen molar-refractivity contribution < 1.29 is 198 Å². The third-order valence-corrected chi connectivity index (χ3v) is 16.9. The Morgan fingerprint density at radius 1 is 0.136 bits per heavy atom. The molecule has 88 heavy (non-hydrogen) atoms. The fourth-order valence-electron chi connectivity index (χ4n) is 11.9. The minimum atomic E-state index is -2.25. The maximum atomic E-state index is 11.4. The van der Waals surface area contributed by atoms with Gasteiger partial charge in [0.2, 0.25) is 0 Å². The zero-order valence-electron chi connectivity index (χ0n) is 46.0. The van der Waals surface area contributed by atoms with Crippen LogP contribution in [0.3, 0.4) is 0 Å². The molecule has 30 aliphatic rings. The largest absolute Gasteiger partial charge is 0.394 e. The lowest BCUT2D eigenvalue weighted by molar-refractivity contribution is -0.404. The molecule has 0 aliphatic carbocycles. The van der Waals surface area contributed by atoms with Crippen LogP contribution in [0.1, 0.15) is 0 Å². The van der Waals surface area contributed by atoms with Gasteiger partial charge in [-0.05, 0) is 0 Å². The Bertz CT molecular complexity index is 1700. The van der Waals surface area contributed by atoms with E-state index in [1.54, 1.807) is 0 Å². The Balaban J connectivity index is 0.975. The van der Waals surface area contributed by atoms with Crippen LogP contribution in [0, 0.1) is 0 Å². The molecule has 9 unspecified atom stereocenters. The fourth-order valence-corrected chi connectivity index (χ4v) is 11.9. The molecule has 0 aromatic carbocycles. The molecule has 0 radical (unpaired) electrons. The Morgan fingerprint density at radius 2 is 0.227 bits per heavy atom. The number of hydrogen-bond donors (Lipinski definition) is 24. The fraction of sp³-hybridized carbons (Fsp3) is 1.00. The number of ether oxygens (including phenoxy) is 16. The summed E-state index contributed by atoms with van der Waals surface area (Å²) < 4.78 is 91.1. The van der Waals surface area contributed by atoms with E-state index >= 15 is 0 Å². The van der Waals surface area contributed by atoms with Gasteiger partial charge in [0.05, 0.1) is 52.9 Å². The number of aliphatic hydroxyl groups excluding tert-OH is 24. The molecule has 30 saturated heterocycles. The molecule has 0 spiro atoms. The highest BCUT2D eigenvalue weighted by Gasteiger charge is 2.60. The number of rotatable bonds is 8. The topological polar surface area (TPSA) is 633 Å². The summed E-state index contributed by atoms with van der Waals surface area (Å²) in [7, 11) is 0. The normalized spacial score (nSPS) is 55.4. The molecule has 0 saturated carbocycles. The molecule has 0 amide bonds. The van der Waals surface area contributed by atoms with Crippen molar-refractivity contribution in [1.82, 2.24) is 0 Å². The molecule has 16 bridgehead atoms.